The van der Waals surface area contributed by atoms with Gasteiger partial charge in [0, 0.05) is 38.9 Å². The van der Waals surface area contributed by atoms with Gasteiger partial charge in [0.2, 0.25) is 0 Å². The van der Waals surface area contributed by atoms with E-state index < -0.39 is 11.4 Å². The highest BCUT2D eigenvalue weighted by molar-refractivity contribution is 5.80. The topological polar surface area (TPSA) is 95.0 Å². The lowest BCUT2D eigenvalue weighted by atomic mass is 9.81. The number of likely N-dealkylation sites (tertiary alicyclic amines) is 1. The number of ether oxygens (including phenoxy) is 1. The zero-order valence-corrected chi connectivity index (χ0v) is 16.3. The number of nitrogens with zero attached hydrogens (tertiary/aromatic N) is 3. The first-order chi connectivity index (χ1) is 13.5. The Bertz CT molecular complexity index is 740. The molecule has 2 saturated heterocycles. The van der Waals surface area contributed by atoms with E-state index in [9.17, 15) is 14.7 Å². The number of carbonyl (C=O) groups is 2. The van der Waals surface area contributed by atoms with E-state index in [1.807, 2.05) is 12.1 Å². The first kappa shape index (κ1) is 19.0. The molecule has 2 N–H and O–H groups in total. The summed E-state index contributed by atoms with van der Waals surface area (Å²) in [7, 11) is 0. The molecule has 4 rings (SSSR count). The maximum absolute atomic E-state index is 12.5. The lowest BCUT2D eigenvalue weighted by molar-refractivity contribution is -0.149. The maximum Gasteiger partial charge on any atom is 0.317 e. The molecule has 8 heteroatoms. The van der Waals surface area contributed by atoms with Gasteiger partial charge in [-0.1, -0.05) is 12.5 Å². The number of carboxylic acid groups (broad SMARTS) is 1. The zero-order valence-electron chi connectivity index (χ0n) is 16.3. The van der Waals surface area contributed by atoms with Crippen molar-refractivity contribution < 1.29 is 19.4 Å². The van der Waals surface area contributed by atoms with Crippen molar-refractivity contribution in [2.45, 2.75) is 38.8 Å². The molecule has 2 aliphatic heterocycles. The van der Waals surface area contributed by atoms with Crippen LogP contribution >= 0.6 is 0 Å². The number of aliphatic carboxylic acids is 1. The molecule has 1 aromatic rings. The van der Waals surface area contributed by atoms with Gasteiger partial charge < -0.3 is 25.0 Å². The second kappa shape index (κ2) is 7.58. The summed E-state index contributed by atoms with van der Waals surface area (Å²) in [6.07, 6.45) is 4.48. The fraction of sp³-hybridized carbons (Fsp3) is 0.650. The quantitative estimate of drug-likeness (QED) is 0.815. The number of hydrogen-bond donors (Lipinski definition) is 2. The summed E-state index contributed by atoms with van der Waals surface area (Å²) in [5.41, 5.74) is 0.182. The molecule has 1 saturated carbocycles. The molecule has 3 heterocycles. The number of fused-ring (bicyclic) bond motifs is 1. The minimum Gasteiger partial charge on any atom is -0.481 e. The number of hydrogen-bond acceptors (Lipinski definition) is 5. The molecule has 28 heavy (non-hydrogen) atoms. The summed E-state index contributed by atoms with van der Waals surface area (Å²) < 4.78 is 5.56. The average Bonchev–Trinajstić information content (AvgIpc) is 3.25. The lowest BCUT2D eigenvalue weighted by Gasteiger charge is -2.32. The van der Waals surface area contributed by atoms with Crippen molar-refractivity contribution in [3.8, 4) is 0 Å². The SMILES string of the molecule is CC1CN(c2ccc(CNC(=O)N3C[C@@H]4CCC[C@@]4(C(=O)O)C3)cn2)CCO1. The summed E-state index contributed by atoms with van der Waals surface area (Å²) in [4.78, 5) is 32.7. The van der Waals surface area contributed by atoms with E-state index in [2.05, 4.69) is 22.1 Å². The highest BCUT2D eigenvalue weighted by atomic mass is 16.5. The third-order valence-corrected chi connectivity index (χ3v) is 6.40. The summed E-state index contributed by atoms with van der Waals surface area (Å²) in [5.74, 6) is 0.233. The van der Waals surface area contributed by atoms with Gasteiger partial charge in [-0.25, -0.2) is 9.78 Å². The van der Waals surface area contributed by atoms with Crippen LogP contribution in [0.2, 0.25) is 0 Å². The molecular formula is C20H28N4O4. The van der Waals surface area contributed by atoms with Crippen LogP contribution in [0.25, 0.3) is 0 Å². The zero-order chi connectivity index (χ0) is 19.7. The van der Waals surface area contributed by atoms with Crippen molar-refractivity contribution in [3.63, 3.8) is 0 Å². The molecule has 0 radical (unpaired) electrons. The van der Waals surface area contributed by atoms with Crippen LogP contribution in [-0.4, -0.2) is 65.9 Å². The third-order valence-electron chi connectivity index (χ3n) is 6.40. The highest BCUT2D eigenvalue weighted by Gasteiger charge is 2.55. The highest BCUT2D eigenvalue weighted by Crippen LogP contribution is 2.48. The molecule has 1 aromatic heterocycles. The lowest BCUT2D eigenvalue weighted by Crippen LogP contribution is -2.41. The summed E-state index contributed by atoms with van der Waals surface area (Å²) in [5, 5.41) is 12.6. The fourth-order valence-electron chi connectivity index (χ4n) is 4.82. The van der Waals surface area contributed by atoms with Gasteiger partial charge in [-0.05, 0) is 37.3 Å². The molecule has 0 spiro atoms. The summed E-state index contributed by atoms with van der Waals surface area (Å²) >= 11 is 0. The van der Waals surface area contributed by atoms with Crippen LogP contribution in [0.4, 0.5) is 10.6 Å². The largest absolute Gasteiger partial charge is 0.481 e. The predicted octanol–water partition coefficient (Wildman–Crippen LogP) is 1.70. The van der Waals surface area contributed by atoms with Gasteiger partial charge >= 0.3 is 12.0 Å². The Balaban J connectivity index is 1.31. The summed E-state index contributed by atoms with van der Waals surface area (Å²) in [6.45, 7) is 5.63. The molecule has 2 amide bonds. The molecule has 1 unspecified atom stereocenters. The Morgan fingerprint density at radius 1 is 1.39 bits per heavy atom. The normalized spacial score (nSPS) is 29.6. The minimum absolute atomic E-state index is 0.0765. The number of amides is 2. The Labute approximate surface area is 164 Å². The number of urea groups is 1. The molecule has 8 nitrogen and oxygen atoms in total. The monoisotopic (exact) mass is 388 g/mol. The molecule has 0 aromatic carbocycles. The van der Waals surface area contributed by atoms with Crippen molar-refractivity contribution in [1.29, 1.82) is 0 Å². The first-order valence-electron chi connectivity index (χ1n) is 10.1. The average molecular weight is 388 g/mol. The van der Waals surface area contributed by atoms with Crippen LogP contribution in [0.1, 0.15) is 31.7 Å². The van der Waals surface area contributed by atoms with Crippen LogP contribution < -0.4 is 10.2 Å². The molecular weight excluding hydrogens is 360 g/mol. The van der Waals surface area contributed by atoms with E-state index >= 15 is 0 Å². The molecule has 3 atom stereocenters. The molecule has 152 valence electrons. The minimum atomic E-state index is -0.762. The van der Waals surface area contributed by atoms with Crippen molar-refractivity contribution in [3.05, 3.63) is 23.9 Å². The molecule has 1 aliphatic carbocycles. The predicted molar refractivity (Wildman–Crippen MR) is 103 cm³/mol. The van der Waals surface area contributed by atoms with Gasteiger partial charge in [0.05, 0.1) is 18.1 Å². The van der Waals surface area contributed by atoms with E-state index in [4.69, 9.17) is 4.74 Å². The first-order valence-corrected chi connectivity index (χ1v) is 10.1. The number of nitrogens with one attached hydrogen (secondary N) is 1. The summed E-state index contributed by atoms with van der Waals surface area (Å²) in [6, 6.07) is 3.75. The van der Waals surface area contributed by atoms with Gasteiger partial charge in [0.1, 0.15) is 5.82 Å². The number of carbonyl (C=O) groups excluding carboxylic acids is 1. The van der Waals surface area contributed by atoms with Crippen molar-refractivity contribution in [2.75, 3.05) is 37.7 Å². The van der Waals surface area contributed by atoms with Crippen LogP contribution in [0.3, 0.4) is 0 Å². The molecule has 0 bridgehead atoms. The number of pyridine rings is 1. The Kier molecular flexibility index (Phi) is 5.14. The van der Waals surface area contributed by atoms with Crippen molar-refractivity contribution in [2.24, 2.45) is 11.3 Å². The van der Waals surface area contributed by atoms with Gasteiger partial charge in [-0.15, -0.1) is 0 Å². The number of morpholine rings is 1. The van der Waals surface area contributed by atoms with Crippen LogP contribution in [-0.2, 0) is 16.1 Å². The third kappa shape index (κ3) is 3.53. The van der Waals surface area contributed by atoms with E-state index in [0.717, 1.165) is 37.3 Å². The van der Waals surface area contributed by atoms with E-state index in [1.165, 1.54) is 0 Å². The van der Waals surface area contributed by atoms with Crippen molar-refractivity contribution in [1.82, 2.24) is 15.2 Å². The van der Waals surface area contributed by atoms with Crippen molar-refractivity contribution >= 4 is 17.8 Å². The standard InChI is InChI=1S/C20H28N4O4/c1-14-11-23(7-8-28-14)17-5-4-15(9-21-17)10-22-19(27)24-12-16-3-2-6-20(16,13-24)18(25)26/h4-5,9,14,16H,2-3,6-8,10-13H2,1H3,(H,22,27)(H,25,26)/t14?,16-,20+/m0/s1. The Hall–Kier alpha value is -2.35. The number of aromatic nitrogens is 1. The smallest absolute Gasteiger partial charge is 0.317 e. The van der Waals surface area contributed by atoms with Gasteiger partial charge in [0.25, 0.3) is 0 Å². The fourth-order valence-corrected chi connectivity index (χ4v) is 4.82. The van der Waals surface area contributed by atoms with E-state index in [0.29, 0.717) is 32.7 Å². The van der Waals surface area contributed by atoms with Crippen LogP contribution in [0, 0.1) is 11.3 Å². The van der Waals surface area contributed by atoms with Crippen LogP contribution in [0.15, 0.2) is 18.3 Å². The van der Waals surface area contributed by atoms with Crippen LogP contribution in [0.5, 0.6) is 0 Å². The van der Waals surface area contributed by atoms with Gasteiger partial charge in [-0.2, -0.15) is 0 Å². The second-order valence-electron chi connectivity index (χ2n) is 8.24. The van der Waals surface area contributed by atoms with E-state index in [1.54, 1.807) is 11.1 Å². The number of anilines is 1. The second-order valence-corrected chi connectivity index (χ2v) is 8.24. The molecule has 3 aliphatic rings. The van der Waals surface area contributed by atoms with E-state index in [-0.39, 0.29) is 18.1 Å². The molecule has 3 fully saturated rings. The Morgan fingerprint density at radius 2 is 2.25 bits per heavy atom. The van der Waals surface area contributed by atoms with Gasteiger partial charge in [-0.3, -0.25) is 4.79 Å². The maximum atomic E-state index is 12.5. The number of carboxylic acids is 1. The number of rotatable bonds is 4. The Morgan fingerprint density at radius 3 is 2.93 bits per heavy atom. The van der Waals surface area contributed by atoms with Gasteiger partial charge in [0.15, 0.2) is 0 Å².